The summed E-state index contributed by atoms with van der Waals surface area (Å²) in [6.45, 7) is 6.61. The third-order valence-corrected chi connectivity index (χ3v) is 5.19. The quantitative estimate of drug-likeness (QED) is 0.675. The lowest BCUT2D eigenvalue weighted by Crippen LogP contribution is -2.34. The van der Waals surface area contributed by atoms with E-state index in [1.807, 2.05) is 14.0 Å². The van der Waals surface area contributed by atoms with E-state index in [1.165, 1.54) is 6.33 Å². The zero-order valence-corrected chi connectivity index (χ0v) is 16.1. The van der Waals surface area contributed by atoms with Crippen LogP contribution >= 0.6 is 0 Å². The maximum Gasteiger partial charge on any atom is 0.154 e. The first kappa shape index (κ1) is 17.6. The van der Waals surface area contributed by atoms with Gasteiger partial charge in [0.1, 0.15) is 36.7 Å². The highest BCUT2D eigenvalue weighted by atomic mass is 15.4. The third-order valence-electron chi connectivity index (χ3n) is 5.19. The van der Waals surface area contributed by atoms with Crippen molar-refractivity contribution in [1.29, 1.82) is 0 Å². The molecule has 0 unspecified atom stereocenters. The molecule has 1 aliphatic rings. The number of rotatable bonds is 5. The Labute approximate surface area is 158 Å². The number of hydrogen-bond donors (Lipinski definition) is 0. The van der Waals surface area contributed by atoms with E-state index in [0.29, 0.717) is 12.5 Å². The molecule has 1 fully saturated rings. The third kappa shape index (κ3) is 3.67. The van der Waals surface area contributed by atoms with Gasteiger partial charge in [-0.1, -0.05) is 6.92 Å². The number of anilines is 1. The highest BCUT2D eigenvalue weighted by Gasteiger charge is 2.26. The van der Waals surface area contributed by atoms with E-state index in [-0.39, 0.29) is 0 Å². The Balaban J connectivity index is 1.44. The van der Waals surface area contributed by atoms with Crippen molar-refractivity contribution < 1.29 is 0 Å². The van der Waals surface area contributed by atoms with Gasteiger partial charge in [0.25, 0.3) is 0 Å². The van der Waals surface area contributed by atoms with Crippen LogP contribution in [0.4, 0.5) is 5.82 Å². The van der Waals surface area contributed by atoms with E-state index in [2.05, 4.69) is 52.7 Å². The van der Waals surface area contributed by atoms with Crippen molar-refractivity contribution in [2.45, 2.75) is 45.6 Å². The molecule has 0 radical (unpaired) electrons. The summed E-state index contributed by atoms with van der Waals surface area (Å²) >= 11 is 0. The summed E-state index contributed by atoms with van der Waals surface area (Å²) in [5.41, 5.74) is 1.10. The molecule has 3 aromatic rings. The minimum atomic E-state index is 0.414. The molecule has 1 aliphatic heterocycles. The average molecular weight is 367 g/mol. The Kier molecular flexibility index (Phi) is 4.83. The van der Waals surface area contributed by atoms with Crippen LogP contribution in [0.25, 0.3) is 0 Å². The van der Waals surface area contributed by atoms with Crippen molar-refractivity contribution in [1.82, 2.24) is 39.5 Å². The van der Waals surface area contributed by atoms with E-state index < -0.39 is 0 Å². The molecule has 0 spiro atoms. The maximum absolute atomic E-state index is 4.63. The molecular weight excluding hydrogens is 342 g/mol. The van der Waals surface area contributed by atoms with Crippen LogP contribution in [0, 0.1) is 6.92 Å². The number of aryl methyl sites for hydroxylation is 2. The standard InChI is InChI=1S/C18H25N9/c1-4-15-9-16(22-13(2)21-15)26-7-5-14(6-8-26)18-24-23-17(25(18)3)10-27-12-19-11-20-27/h9,11-12,14H,4-8,10H2,1-3H3. The maximum atomic E-state index is 4.63. The topological polar surface area (TPSA) is 90.4 Å². The largest absolute Gasteiger partial charge is 0.356 e. The highest BCUT2D eigenvalue weighted by molar-refractivity contribution is 5.40. The molecule has 0 aromatic carbocycles. The molecule has 0 saturated carbocycles. The van der Waals surface area contributed by atoms with Gasteiger partial charge in [0.2, 0.25) is 0 Å². The summed E-state index contributed by atoms with van der Waals surface area (Å²) in [6, 6.07) is 2.12. The van der Waals surface area contributed by atoms with E-state index in [0.717, 1.165) is 61.3 Å². The Morgan fingerprint density at radius 3 is 2.67 bits per heavy atom. The van der Waals surface area contributed by atoms with Gasteiger partial charge in [0, 0.05) is 37.8 Å². The first-order valence-corrected chi connectivity index (χ1v) is 9.44. The first-order chi connectivity index (χ1) is 13.1. The number of hydrogen-bond acceptors (Lipinski definition) is 7. The van der Waals surface area contributed by atoms with Crippen molar-refractivity contribution in [2.24, 2.45) is 7.05 Å². The van der Waals surface area contributed by atoms with E-state index in [4.69, 9.17) is 0 Å². The summed E-state index contributed by atoms with van der Waals surface area (Å²) in [7, 11) is 2.04. The molecule has 3 aromatic heterocycles. The molecule has 27 heavy (non-hydrogen) atoms. The van der Waals surface area contributed by atoms with Gasteiger partial charge in [-0.05, 0) is 26.2 Å². The molecule has 0 amide bonds. The van der Waals surface area contributed by atoms with Crippen molar-refractivity contribution in [2.75, 3.05) is 18.0 Å². The summed E-state index contributed by atoms with van der Waals surface area (Å²) in [5, 5.41) is 13.0. The number of aromatic nitrogens is 8. The summed E-state index contributed by atoms with van der Waals surface area (Å²) < 4.78 is 3.87. The molecule has 9 nitrogen and oxygen atoms in total. The van der Waals surface area contributed by atoms with E-state index in [1.54, 1.807) is 11.0 Å². The second-order valence-corrected chi connectivity index (χ2v) is 7.01. The lowest BCUT2D eigenvalue weighted by molar-refractivity contribution is 0.469. The van der Waals surface area contributed by atoms with Crippen molar-refractivity contribution in [3.05, 3.63) is 41.9 Å². The first-order valence-electron chi connectivity index (χ1n) is 9.44. The molecule has 142 valence electrons. The van der Waals surface area contributed by atoms with Gasteiger partial charge >= 0.3 is 0 Å². The van der Waals surface area contributed by atoms with Gasteiger partial charge < -0.3 is 9.47 Å². The van der Waals surface area contributed by atoms with Gasteiger partial charge in [0.05, 0.1) is 0 Å². The number of nitrogens with zero attached hydrogens (tertiary/aromatic N) is 9. The zero-order valence-electron chi connectivity index (χ0n) is 16.1. The minimum Gasteiger partial charge on any atom is -0.356 e. The molecular formula is C18H25N9. The molecule has 0 bridgehead atoms. The van der Waals surface area contributed by atoms with Crippen LogP contribution < -0.4 is 4.90 Å². The van der Waals surface area contributed by atoms with Gasteiger partial charge in [-0.2, -0.15) is 5.10 Å². The Bertz CT molecular complexity index is 892. The van der Waals surface area contributed by atoms with Crippen LogP contribution in [0.15, 0.2) is 18.7 Å². The van der Waals surface area contributed by atoms with Gasteiger partial charge in [-0.3, -0.25) is 0 Å². The summed E-state index contributed by atoms with van der Waals surface area (Å²) in [5.74, 6) is 4.26. The summed E-state index contributed by atoms with van der Waals surface area (Å²) in [6.07, 6.45) is 6.24. The predicted octanol–water partition coefficient (Wildman–Crippen LogP) is 1.50. The van der Waals surface area contributed by atoms with Gasteiger partial charge in [-0.25, -0.2) is 19.6 Å². The Hall–Kier alpha value is -2.84. The molecule has 9 heteroatoms. The van der Waals surface area contributed by atoms with Crippen LogP contribution in [0.3, 0.4) is 0 Å². The Morgan fingerprint density at radius 2 is 1.96 bits per heavy atom. The molecule has 4 heterocycles. The second kappa shape index (κ2) is 7.42. The van der Waals surface area contributed by atoms with E-state index >= 15 is 0 Å². The zero-order chi connectivity index (χ0) is 18.8. The Morgan fingerprint density at radius 1 is 1.15 bits per heavy atom. The fourth-order valence-electron chi connectivity index (χ4n) is 3.65. The lowest BCUT2D eigenvalue weighted by Gasteiger charge is -2.32. The molecule has 0 N–H and O–H groups in total. The normalized spacial score (nSPS) is 15.4. The fraction of sp³-hybridized carbons (Fsp3) is 0.556. The predicted molar refractivity (Wildman–Crippen MR) is 100 cm³/mol. The average Bonchev–Trinajstić information content (AvgIpc) is 3.32. The second-order valence-electron chi connectivity index (χ2n) is 7.01. The number of piperidine rings is 1. The van der Waals surface area contributed by atoms with Crippen LogP contribution in [0.2, 0.25) is 0 Å². The van der Waals surface area contributed by atoms with Crippen LogP contribution in [0.1, 0.15) is 48.9 Å². The van der Waals surface area contributed by atoms with Crippen molar-refractivity contribution >= 4 is 5.82 Å². The van der Waals surface area contributed by atoms with Crippen molar-refractivity contribution in [3.63, 3.8) is 0 Å². The molecule has 4 rings (SSSR count). The lowest BCUT2D eigenvalue weighted by atomic mass is 9.96. The van der Waals surface area contributed by atoms with Gasteiger partial charge in [0.15, 0.2) is 5.82 Å². The van der Waals surface area contributed by atoms with Crippen LogP contribution in [0.5, 0.6) is 0 Å². The molecule has 0 aliphatic carbocycles. The fourth-order valence-corrected chi connectivity index (χ4v) is 3.65. The monoisotopic (exact) mass is 367 g/mol. The van der Waals surface area contributed by atoms with Gasteiger partial charge in [-0.15, -0.1) is 10.2 Å². The molecule has 0 atom stereocenters. The van der Waals surface area contributed by atoms with Crippen LogP contribution in [-0.4, -0.2) is 52.6 Å². The minimum absolute atomic E-state index is 0.414. The SMILES string of the molecule is CCc1cc(N2CCC(c3nnc(Cn4cncn4)n3C)CC2)nc(C)n1. The van der Waals surface area contributed by atoms with Crippen LogP contribution in [-0.2, 0) is 20.0 Å². The highest BCUT2D eigenvalue weighted by Crippen LogP contribution is 2.29. The summed E-state index contributed by atoms with van der Waals surface area (Å²) in [4.78, 5) is 15.5. The van der Waals surface area contributed by atoms with E-state index in [9.17, 15) is 0 Å². The molecule has 1 saturated heterocycles. The smallest absolute Gasteiger partial charge is 0.154 e. The van der Waals surface area contributed by atoms with Crippen molar-refractivity contribution in [3.8, 4) is 0 Å².